The number of likely N-dealkylation sites (tertiary alicyclic amines) is 2. The van der Waals surface area contributed by atoms with Gasteiger partial charge in [0.2, 0.25) is 0 Å². The first-order chi connectivity index (χ1) is 56.1. The van der Waals surface area contributed by atoms with Crippen LogP contribution in [0.25, 0.3) is 107 Å². The molecule has 0 unspecified atom stereocenters. The molecule has 4 aliphatic rings. The first-order valence-corrected chi connectivity index (χ1v) is 40.2. The number of hydrogen-bond donors (Lipinski definition) is 1. The van der Waals surface area contributed by atoms with E-state index in [-0.39, 0.29) is 22.2 Å². The Hall–Kier alpha value is -12.1. The minimum atomic E-state index is -0.181. The molecular formula is C87H90ClN21O7. The van der Waals surface area contributed by atoms with Gasteiger partial charge in [-0.15, -0.1) is 0 Å². The summed E-state index contributed by atoms with van der Waals surface area (Å²) in [5, 5.41) is 17.7. The molecule has 4 fully saturated rings. The predicted octanol–water partition coefficient (Wildman–Crippen LogP) is 13.0. The Morgan fingerprint density at radius 2 is 0.905 bits per heavy atom. The molecule has 28 nitrogen and oxygen atoms in total. The summed E-state index contributed by atoms with van der Waals surface area (Å²) in [6.07, 6.45) is 12.1. The first-order valence-electron chi connectivity index (χ1n) is 39.8. The van der Waals surface area contributed by atoms with Crippen molar-refractivity contribution >= 4 is 78.8 Å². The Morgan fingerprint density at radius 1 is 0.466 bits per heavy atom. The molecule has 13 aromatic heterocycles. The number of hydrogen-bond acceptors (Lipinski definition) is 23. The van der Waals surface area contributed by atoms with Crippen molar-refractivity contribution in [3.8, 4) is 45.0 Å². The highest BCUT2D eigenvalue weighted by Crippen LogP contribution is 2.33. The topological polar surface area (TPSA) is 297 Å². The average molecular weight is 1580 g/mol. The van der Waals surface area contributed by atoms with Gasteiger partial charge in [-0.1, -0.05) is 36.7 Å². The molecule has 0 amide bonds. The lowest BCUT2D eigenvalue weighted by Gasteiger charge is -2.43. The molecule has 592 valence electrons. The molecule has 17 heterocycles. The molecule has 1 atom stereocenters. The van der Waals surface area contributed by atoms with Crippen molar-refractivity contribution in [2.24, 2.45) is 0 Å². The van der Waals surface area contributed by atoms with Crippen LogP contribution in [0, 0.1) is 27.7 Å². The number of piperidine rings is 3. The Balaban J connectivity index is 0.000000111. The molecule has 20 rings (SSSR count). The largest absolute Gasteiger partial charge is 0.441 e. The molecule has 0 radical (unpaired) electrons. The number of anilines is 1. The summed E-state index contributed by atoms with van der Waals surface area (Å²) in [6, 6.07) is 41.6. The molecule has 4 aliphatic heterocycles. The van der Waals surface area contributed by atoms with Crippen molar-refractivity contribution < 1.29 is 13.3 Å². The Morgan fingerprint density at radius 3 is 1.37 bits per heavy atom. The second-order valence-electron chi connectivity index (χ2n) is 31.0. The molecule has 16 aromatic rings. The van der Waals surface area contributed by atoms with Crippen LogP contribution in [0.5, 0.6) is 0 Å². The van der Waals surface area contributed by atoms with Gasteiger partial charge in [-0.25, -0.2) is 39.9 Å². The Bertz CT molecular complexity index is 6660. The van der Waals surface area contributed by atoms with Gasteiger partial charge in [0, 0.05) is 135 Å². The minimum Gasteiger partial charge on any atom is -0.441 e. The van der Waals surface area contributed by atoms with Crippen LogP contribution >= 0.6 is 11.6 Å². The van der Waals surface area contributed by atoms with Crippen molar-refractivity contribution in [2.45, 2.75) is 124 Å². The molecule has 0 aliphatic carbocycles. The standard InChI is InChI=1S/C24H27ClN6O.C22H23N5O2.C21H21N5O2.C20H19N5O2/c1-15(2)30-8-7-28(12-17(30)4)19-5-6-22-27-21(10-23(32)31(22)14-19)18-9-20(25)24-26-16(3)11-29(24)13-18;1-3-26-10-8-15(9-11-26)17-6-7-21-24-19(13-22(28)27(21)25-17)16-4-5-18-20(12-16)29-14(2)23-18;1-13-22-17-4-3-15(11-19(17)28-13)18-12-21(27)26-20(23-18)6-5-16(24-26)14-7-9-25(2)10-8-14;1-12-22-16-3-2-14(10-18(16)27-12)17-11-20(26)25-19(23-17)5-4-15(24-25)13-6-8-21-9-7-13/h5-6,9-11,13-15,17H,7-8,12H2,1-4H3;4-7,12-13,15H,3,8-11H2,1-2H3;3-6,11-12,14H,7-10H2,1-2H3;2-5,10-11,13,21H,6-9H2,1H3/t17-;;;/m0.../s1. The monoisotopic (exact) mass is 1580 g/mol. The predicted molar refractivity (Wildman–Crippen MR) is 448 cm³/mol. The summed E-state index contributed by atoms with van der Waals surface area (Å²) in [5.74, 6) is 3.02. The van der Waals surface area contributed by atoms with Crippen LogP contribution < -0.4 is 32.5 Å². The van der Waals surface area contributed by atoms with E-state index in [1.165, 1.54) is 31.7 Å². The van der Waals surface area contributed by atoms with Crippen LogP contribution in [0.3, 0.4) is 0 Å². The van der Waals surface area contributed by atoms with E-state index in [1.54, 1.807) is 10.5 Å². The lowest BCUT2D eigenvalue weighted by atomic mass is 9.93. The maximum atomic E-state index is 13.0. The zero-order valence-electron chi connectivity index (χ0n) is 66.3. The number of halogens is 1. The van der Waals surface area contributed by atoms with Crippen molar-refractivity contribution in [3.63, 3.8) is 0 Å². The zero-order valence-corrected chi connectivity index (χ0v) is 67.1. The third-order valence-corrected chi connectivity index (χ3v) is 22.9. The van der Waals surface area contributed by atoms with Crippen molar-refractivity contribution in [3.05, 3.63) is 239 Å². The molecular weight excluding hydrogens is 1490 g/mol. The van der Waals surface area contributed by atoms with E-state index in [4.69, 9.17) is 29.8 Å². The number of benzene rings is 3. The van der Waals surface area contributed by atoms with Gasteiger partial charge in [0.25, 0.3) is 22.2 Å². The van der Waals surface area contributed by atoms with Crippen LogP contribution in [-0.2, 0) is 0 Å². The number of aromatic nitrogens is 16. The fourth-order valence-corrected chi connectivity index (χ4v) is 16.7. The summed E-state index contributed by atoms with van der Waals surface area (Å²) in [5.41, 5.74) is 17.2. The smallest absolute Gasteiger partial charge is 0.275 e. The average Bonchev–Trinajstić information content (AvgIpc) is 1.32. The summed E-state index contributed by atoms with van der Waals surface area (Å²) < 4.78 is 24.5. The SMILES string of the molecule is CCN1CCC(c2ccc3nc(-c4ccc5nc(C)oc5c4)cc(=O)n3n2)CC1.Cc1cn2cc(-c3cc(=O)n4cc(N5CCN(C(C)C)[C@@H](C)C5)ccc4n3)cc(Cl)c2n1.Cc1nc2ccc(-c3cc(=O)n4nc(C5CCN(C)CC5)ccc4n3)cc2o1.Cc1nc2ccc(-c3cc(=O)n4nc(C5CCNCC5)ccc4n3)cc2o1. The number of pyridine rings is 2. The number of nitrogens with zero attached hydrogens (tertiary/aromatic N) is 20. The van der Waals surface area contributed by atoms with Crippen LogP contribution in [-0.4, -0.2) is 177 Å². The molecule has 0 bridgehead atoms. The zero-order chi connectivity index (χ0) is 80.2. The van der Waals surface area contributed by atoms with Gasteiger partial charge in [-0.05, 0) is 210 Å². The van der Waals surface area contributed by atoms with E-state index in [9.17, 15) is 19.2 Å². The van der Waals surface area contributed by atoms with Crippen LogP contribution in [0.1, 0.15) is 124 Å². The van der Waals surface area contributed by atoms with Gasteiger partial charge in [-0.2, -0.15) is 28.8 Å². The van der Waals surface area contributed by atoms with Gasteiger partial charge in [0.1, 0.15) is 22.2 Å². The molecule has 4 saturated heterocycles. The van der Waals surface area contributed by atoms with Crippen LogP contribution in [0.2, 0.25) is 5.02 Å². The molecule has 0 saturated carbocycles. The highest BCUT2D eigenvalue weighted by atomic mass is 35.5. The summed E-state index contributed by atoms with van der Waals surface area (Å²) in [6.45, 7) is 26.5. The summed E-state index contributed by atoms with van der Waals surface area (Å²) in [4.78, 5) is 96.9. The number of piperazine rings is 1. The minimum absolute atomic E-state index is 0.112. The van der Waals surface area contributed by atoms with Crippen molar-refractivity contribution in [2.75, 3.05) is 77.4 Å². The number of oxazole rings is 3. The van der Waals surface area contributed by atoms with E-state index in [2.05, 4.69) is 116 Å². The number of rotatable bonds is 10. The normalized spacial score (nSPS) is 16.4. The van der Waals surface area contributed by atoms with Gasteiger partial charge in [0.05, 0.1) is 56.3 Å². The van der Waals surface area contributed by atoms with Crippen LogP contribution in [0.4, 0.5) is 5.69 Å². The van der Waals surface area contributed by atoms with Crippen molar-refractivity contribution in [1.29, 1.82) is 0 Å². The number of aryl methyl sites for hydroxylation is 4. The van der Waals surface area contributed by atoms with Gasteiger partial charge in [-0.3, -0.25) is 28.5 Å². The quantitative estimate of drug-likeness (QED) is 0.133. The fourth-order valence-electron chi connectivity index (χ4n) is 16.4. The number of imidazole rings is 1. The second kappa shape index (κ2) is 32.3. The second-order valence-corrected chi connectivity index (χ2v) is 31.4. The van der Waals surface area contributed by atoms with E-state index in [0.717, 1.165) is 171 Å². The molecule has 116 heavy (non-hydrogen) atoms. The molecule has 1 N–H and O–H groups in total. The summed E-state index contributed by atoms with van der Waals surface area (Å²) >= 11 is 6.43. The fraction of sp³-hybridized carbons (Fsp3) is 0.345. The molecule has 3 aromatic carbocycles. The van der Waals surface area contributed by atoms with Gasteiger partial charge in [0.15, 0.2) is 57.0 Å². The lowest BCUT2D eigenvalue weighted by Crippen LogP contribution is -2.54. The highest BCUT2D eigenvalue weighted by Gasteiger charge is 2.28. The van der Waals surface area contributed by atoms with Gasteiger partial charge < -0.3 is 37.7 Å². The third kappa shape index (κ3) is 16.1. The lowest BCUT2D eigenvalue weighted by molar-refractivity contribution is 0.148. The Labute approximate surface area is 671 Å². The first kappa shape index (κ1) is 76.5. The molecule has 0 spiro atoms. The van der Waals surface area contributed by atoms with Crippen molar-refractivity contribution in [1.82, 2.24) is 97.5 Å². The van der Waals surface area contributed by atoms with E-state index in [1.807, 2.05) is 154 Å². The third-order valence-electron chi connectivity index (χ3n) is 22.6. The summed E-state index contributed by atoms with van der Waals surface area (Å²) in [7, 11) is 2.14. The molecule has 29 heteroatoms. The van der Waals surface area contributed by atoms with E-state index in [0.29, 0.717) is 120 Å². The number of fused-ring (bicyclic) bond motifs is 8. The van der Waals surface area contributed by atoms with Gasteiger partial charge >= 0.3 is 0 Å². The number of nitrogens with one attached hydrogen (secondary N) is 1. The van der Waals surface area contributed by atoms with E-state index >= 15 is 0 Å². The maximum absolute atomic E-state index is 13.0. The van der Waals surface area contributed by atoms with Crippen LogP contribution in [0.15, 0.2) is 184 Å². The van der Waals surface area contributed by atoms with E-state index < -0.39 is 0 Å². The highest BCUT2D eigenvalue weighted by molar-refractivity contribution is 6.33. The maximum Gasteiger partial charge on any atom is 0.275 e. The Kier molecular flexibility index (Phi) is 21.3.